The molecule has 0 bridgehead atoms. The number of halogens is 6. The van der Waals surface area contributed by atoms with E-state index < -0.39 is 29.6 Å². The molecule has 2 N–H and O–H groups in total. The minimum Gasteiger partial charge on any atom is -0.387 e. The number of rotatable bonds is 6. The Morgan fingerprint density at radius 3 is 1.79 bits per heavy atom. The summed E-state index contributed by atoms with van der Waals surface area (Å²) in [7, 11) is 0. The van der Waals surface area contributed by atoms with Crippen molar-refractivity contribution >= 4 is 5.69 Å². The molecular formula is C19H19F6NO2. The van der Waals surface area contributed by atoms with Crippen molar-refractivity contribution in [3.8, 4) is 0 Å². The molecule has 1 atom stereocenters. The molecule has 2 aromatic carbocycles. The number of alkyl halides is 6. The summed E-state index contributed by atoms with van der Waals surface area (Å²) in [5, 5.41) is 19.7. The van der Waals surface area contributed by atoms with Crippen molar-refractivity contribution in [2.45, 2.75) is 31.0 Å². The Morgan fingerprint density at radius 1 is 0.857 bits per heavy atom. The van der Waals surface area contributed by atoms with Gasteiger partial charge in [0.15, 0.2) is 0 Å². The predicted molar refractivity (Wildman–Crippen MR) is 91.7 cm³/mol. The molecule has 0 fully saturated rings. The number of aliphatic hydroxyl groups is 2. The van der Waals surface area contributed by atoms with Crippen LogP contribution in [-0.4, -0.2) is 35.7 Å². The normalized spacial score (nSPS) is 14.0. The molecule has 0 spiro atoms. The number of aliphatic hydroxyl groups excluding tert-OH is 1. The zero-order valence-corrected chi connectivity index (χ0v) is 14.8. The average molecular weight is 407 g/mol. The van der Waals surface area contributed by atoms with Gasteiger partial charge in [-0.25, -0.2) is 0 Å². The Kier molecular flexibility index (Phi) is 6.30. The second kappa shape index (κ2) is 8.00. The maximum absolute atomic E-state index is 13.0. The zero-order valence-electron chi connectivity index (χ0n) is 14.8. The molecule has 9 heteroatoms. The summed E-state index contributed by atoms with van der Waals surface area (Å²) in [6, 6.07) is 11.9. The molecule has 28 heavy (non-hydrogen) atoms. The van der Waals surface area contributed by atoms with Crippen molar-refractivity contribution in [1.82, 2.24) is 0 Å². The van der Waals surface area contributed by atoms with E-state index in [0.717, 1.165) is 12.1 Å². The monoisotopic (exact) mass is 407 g/mol. The lowest BCUT2D eigenvalue weighted by Crippen LogP contribution is -2.53. The Bertz CT molecular complexity index is 745. The number of anilines is 1. The van der Waals surface area contributed by atoms with E-state index in [1.807, 2.05) is 0 Å². The lowest BCUT2D eigenvalue weighted by Gasteiger charge is -2.33. The van der Waals surface area contributed by atoms with Gasteiger partial charge in [0.05, 0.1) is 6.10 Å². The van der Waals surface area contributed by atoms with Crippen LogP contribution in [0.4, 0.5) is 32.0 Å². The van der Waals surface area contributed by atoms with Crippen LogP contribution in [0, 0.1) is 0 Å². The number of nitrogens with zero attached hydrogens (tertiary/aromatic N) is 1. The molecule has 0 aliphatic heterocycles. The molecule has 0 saturated carbocycles. The number of benzene rings is 2. The van der Waals surface area contributed by atoms with Crippen molar-refractivity contribution < 1.29 is 36.6 Å². The first-order valence-electron chi connectivity index (χ1n) is 8.36. The summed E-state index contributed by atoms with van der Waals surface area (Å²) in [6.45, 7) is 2.17. The minimum atomic E-state index is -5.93. The molecule has 0 saturated heterocycles. The number of likely N-dealkylation sites (N-methyl/N-ethyl adjacent to an activating group) is 1. The molecule has 0 aliphatic rings. The van der Waals surface area contributed by atoms with E-state index in [1.54, 1.807) is 42.2 Å². The predicted octanol–water partition coefficient (Wildman–Crippen LogP) is 4.56. The highest BCUT2D eigenvalue weighted by molar-refractivity contribution is 5.49. The van der Waals surface area contributed by atoms with E-state index >= 15 is 0 Å². The fourth-order valence-electron chi connectivity index (χ4n) is 2.81. The van der Waals surface area contributed by atoms with Crippen molar-refractivity contribution in [3.05, 3.63) is 65.7 Å². The highest BCUT2D eigenvalue weighted by Crippen LogP contribution is 2.50. The van der Waals surface area contributed by atoms with Gasteiger partial charge in [-0.05, 0) is 24.6 Å². The SMILES string of the molecule is CCN(C[C@@H](O)c1ccccc1)c1ccc(C(O)(C(F)(F)F)C(F)(F)F)cc1. The van der Waals surface area contributed by atoms with Gasteiger partial charge in [0.25, 0.3) is 5.60 Å². The first-order valence-corrected chi connectivity index (χ1v) is 8.36. The third-order valence-corrected chi connectivity index (χ3v) is 4.43. The van der Waals surface area contributed by atoms with Crippen LogP contribution >= 0.6 is 0 Å². The summed E-state index contributed by atoms with van der Waals surface area (Å²) < 4.78 is 77.7. The lowest BCUT2D eigenvalue weighted by atomic mass is 9.92. The fraction of sp³-hybridized carbons (Fsp3) is 0.368. The maximum Gasteiger partial charge on any atom is 0.430 e. The molecule has 3 nitrogen and oxygen atoms in total. The smallest absolute Gasteiger partial charge is 0.387 e. The van der Waals surface area contributed by atoms with E-state index in [2.05, 4.69) is 0 Å². The summed E-state index contributed by atoms with van der Waals surface area (Å²) in [6.07, 6.45) is -12.8. The molecule has 2 aromatic rings. The largest absolute Gasteiger partial charge is 0.430 e. The van der Waals surface area contributed by atoms with Crippen LogP contribution < -0.4 is 4.90 Å². The van der Waals surface area contributed by atoms with E-state index in [-0.39, 0.29) is 6.54 Å². The Hall–Kier alpha value is -2.26. The average Bonchev–Trinajstić information content (AvgIpc) is 2.64. The molecular weight excluding hydrogens is 388 g/mol. The van der Waals surface area contributed by atoms with Gasteiger partial charge in [-0.3, -0.25) is 0 Å². The first-order chi connectivity index (χ1) is 12.9. The Labute approximate surface area is 157 Å². The third-order valence-electron chi connectivity index (χ3n) is 4.43. The molecule has 0 radical (unpaired) electrons. The number of hydrogen-bond acceptors (Lipinski definition) is 3. The van der Waals surface area contributed by atoms with Crippen molar-refractivity contribution in [2.75, 3.05) is 18.0 Å². The summed E-state index contributed by atoms with van der Waals surface area (Å²) in [5.41, 5.74) is -5.34. The van der Waals surface area contributed by atoms with E-state index in [9.17, 15) is 36.6 Å². The highest BCUT2D eigenvalue weighted by Gasteiger charge is 2.71. The lowest BCUT2D eigenvalue weighted by molar-refractivity contribution is -0.376. The van der Waals surface area contributed by atoms with Crippen LogP contribution in [0.15, 0.2) is 54.6 Å². The van der Waals surface area contributed by atoms with Crippen LogP contribution in [0.5, 0.6) is 0 Å². The van der Waals surface area contributed by atoms with Crippen molar-refractivity contribution in [2.24, 2.45) is 0 Å². The fourth-order valence-corrected chi connectivity index (χ4v) is 2.81. The molecule has 0 heterocycles. The van der Waals surface area contributed by atoms with Crippen molar-refractivity contribution in [3.63, 3.8) is 0 Å². The maximum atomic E-state index is 13.0. The van der Waals surface area contributed by atoms with Crippen LogP contribution in [0.1, 0.15) is 24.2 Å². The van der Waals surface area contributed by atoms with Gasteiger partial charge in [-0.1, -0.05) is 42.5 Å². The van der Waals surface area contributed by atoms with Gasteiger partial charge in [0.2, 0.25) is 0 Å². The topological polar surface area (TPSA) is 43.7 Å². The standard InChI is InChI=1S/C19H19F6NO2/c1-2-26(12-16(27)13-6-4-3-5-7-13)15-10-8-14(9-11-15)17(28,18(20,21)22)19(23,24)25/h3-11,16,27-28H,2,12H2,1H3/t16-/m1/s1. The minimum absolute atomic E-state index is 0.0860. The van der Waals surface area contributed by atoms with E-state index in [1.165, 1.54) is 0 Å². The second-order valence-electron chi connectivity index (χ2n) is 6.22. The Morgan fingerprint density at radius 2 is 1.36 bits per heavy atom. The number of hydrogen-bond donors (Lipinski definition) is 2. The van der Waals surface area contributed by atoms with Crippen LogP contribution in [0.3, 0.4) is 0 Å². The zero-order chi connectivity index (χ0) is 21.2. The Balaban J connectivity index is 2.29. The first kappa shape index (κ1) is 22.0. The summed E-state index contributed by atoms with van der Waals surface area (Å²) >= 11 is 0. The van der Waals surface area contributed by atoms with Gasteiger partial charge < -0.3 is 15.1 Å². The van der Waals surface area contributed by atoms with Gasteiger partial charge in [0.1, 0.15) is 0 Å². The summed E-state index contributed by atoms with van der Waals surface area (Å²) in [5.74, 6) is 0. The van der Waals surface area contributed by atoms with Crippen LogP contribution in [0.2, 0.25) is 0 Å². The molecule has 0 amide bonds. The molecule has 0 aliphatic carbocycles. The summed E-state index contributed by atoms with van der Waals surface area (Å²) in [4.78, 5) is 1.60. The van der Waals surface area contributed by atoms with Crippen molar-refractivity contribution in [1.29, 1.82) is 0 Å². The van der Waals surface area contributed by atoms with Gasteiger partial charge in [-0.2, -0.15) is 26.3 Å². The van der Waals surface area contributed by atoms with Gasteiger partial charge in [-0.15, -0.1) is 0 Å². The van der Waals surface area contributed by atoms with Crippen LogP contribution in [-0.2, 0) is 5.60 Å². The van der Waals surface area contributed by atoms with Gasteiger partial charge >= 0.3 is 12.4 Å². The highest BCUT2D eigenvalue weighted by atomic mass is 19.4. The quantitative estimate of drug-likeness (QED) is 0.690. The van der Waals surface area contributed by atoms with E-state index in [4.69, 9.17) is 0 Å². The molecule has 154 valence electrons. The molecule has 0 aromatic heterocycles. The van der Waals surface area contributed by atoms with Crippen LogP contribution in [0.25, 0.3) is 0 Å². The second-order valence-corrected chi connectivity index (χ2v) is 6.22. The molecule has 2 rings (SSSR count). The van der Waals surface area contributed by atoms with Gasteiger partial charge in [0, 0.05) is 24.3 Å². The van der Waals surface area contributed by atoms with E-state index in [0.29, 0.717) is 29.9 Å². The third kappa shape index (κ3) is 4.25. The molecule has 0 unspecified atom stereocenters.